The van der Waals surface area contributed by atoms with Gasteiger partial charge in [-0.1, -0.05) is 0 Å². The van der Waals surface area contributed by atoms with E-state index in [-0.39, 0.29) is 31.1 Å². The van der Waals surface area contributed by atoms with Gasteiger partial charge in [0.15, 0.2) is 5.78 Å². The van der Waals surface area contributed by atoms with Crippen LogP contribution in [0.15, 0.2) is 24.3 Å². The molecule has 27 heavy (non-hydrogen) atoms. The predicted octanol–water partition coefficient (Wildman–Crippen LogP) is 3.77. The van der Waals surface area contributed by atoms with E-state index in [1.807, 2.05) is 0 Å². The maximum absolute atomic E-state index is 12.9. The molecule has 1 heterocycles. The molecule has 6 nitrogen and oxygen atoms in total. The molecule has 0 saturated heterocycles. The van der Waals surface area contributed by atoms with Crippen molar-refractivity contribution in [2.45, 2.75) is 33.6 Å². The normalized spacial score (nSPS) is 10.5. The van der Waals surface area contributed by atoms with Gasteiger partial charge < -0.3 is 14.5 Å². The number of aromatic amines is 1. The number of aryl methyl sites for hydroxylation is 1. The molecule has 0 spiro atoms. The predicted molar refractivity (Wildman–Crippen MR) is 96.5 cm³/mol. The molecular formula is C20H22FNO5. The van der Waals surface area contributed by atoms with E-state index >= 15 is 0 Å². The van der Waals surface area contributed by atoms with E-state index in [1.54, 1.807) is 20.8 Å². The summed E-state index contributed by atoms with van der Waals surface area (Å²) in [6, 6.07) is 5.30. The Labute approximate surface area is 156 Å². The van der Waals surface area contributed by atoms with Crippen LogP contribution in [0.4, 0.5) is 4.39 Å². The van der Waals surface area contributed by atoms with Crippen LogP contribution in [0.3, 0.4) is 0 Å². The second kappa shape index (κ2) is 9.12. The second-order valence-corrected chi connectivity index (χ2v) is 6.02. The van der Waals surface area contributed by atoms with E-state index in [9.17, 15) is 18.8 Å². The van der Waals surface area contributed by atoms with Gasteiger partial charge in [-0.15, -0.1) is 0 Å². The molecule has 0 amide bonds. The summed E-state index contributed by atoms with van der Waals surface area (Å²) in [5, 5.41) is 0. The lowest BCUT2D eigenvalue weighted by Crippen LogP contribution is -2.11. The third-order valence-corrected chi connectivity index (χ3v) is 4.07. The number of hydrogen-bond donors (Lipinski definition) is 1. The van der Waals surface area contributed by atoms with Gasteiger partial charge in [-0.25, -0.2) is 14.0 Å². The summed E-state index contributed by atoms with van der Waals surface area (Å²) in [5.41, 5.74) is 1.94. The number of ketones is 1. The summed E-state index contributed by atoms with van der Waals surface area (Å²) in [5.74, 6) is -1.64. The first-order valence-corrected chi connectivity index (χ1v) is 8.67. The Morgan fingerprint density at radius 1 is 1.04 bits per heavy atom. The zero-order chi connectivity index (χ0) is 20.0. The molecule has 0 saturated carbocycles. The Morgan fingerprint density at radius 2 is 1.70 bits per heavy atom. The standard InChI is InChI=1S/C20H22FNO5/c1-4-26-19(24)17-12(2)18(22-13(17)3)20(25)27-11-5-6-16(23)14-7-9-15(21)10-8-14/h7-10,22H,4-6,11H2,1-3H3. The van der Waals surface area contributed by atoms with Crippen molar-refractivity contribution in [2.75, 3.05) is 13.2 Å². The molecular weight excluding hydrogens is 353 g/mol. The zero-order valence-electron chi connectivity index (χ0n) is 15.6. The summed E-state index contributed by atoms with van der Waals surface area (Å²) in [6.07, 6.45) is 0.515. The monoisotopic (exact) mass is 375 g/mol. The molecule has 0 bridgehead atoms. The molecule has 7 heteroatoms. The van der Waals surface area contributed by atoms with Crippen molar-refractivity contribution in [3.63, 3.8) is 0 Å². The van der Waals surface area contributed by atoms with Crippen LogP contribution in [0.1, 0.15) is 62.2 Å². The van der Waals surface area contributed by atoms with Crippen LogP contribution in [0.5, 0.6) is 0 Å². The number of rotatable bonds is 8. The molecule has 0 aliphatic carbocycles. The van der Waals surface area contributed by atoms with E-state index in [2.05, 4.69) is 4.98 Å². The molecule has 2 rings (SSSR count). The van der Waals surface area contributed by atoms with Gasteiger partial charge in [0.05, 0.1) is 18.8 Å². The van der Waals surface area contributed by atoms with Crippen molar-refractivity contribution in [1.82, 2.24) is 4.98 Å². The van der Waals surface area contributed by atoms with Crippen LogP contribution >= 0.6 is 0 Å². The first kappa shape index (κ1) is 20.4. The van der Waals surface area contributed by atoms with E-state index < -0.39 is 17.8 Å². The molecule has 0 fully saturated rings. The van der Waals surface area contributed by atoms with Crippen LogP contribution in [0, 0.1) is 19.7 Å². The average Bonchev–Trinajstić information content (AvgIpc) is 2.93. The number of halogens is 1. The summed E-state index contributed by atoms with van der Waals surface area (Å²) in [4.78, 5) is 39.0. The minimum absolute atomic E-state index is 0.0536. The first-order chi connectivity index (χ1) is 12.8. The maximum Gasteiger partial charge on any atom is 0.355 e. The lowest BCUT2D eigenvalue weighted by atomic mass is 10.1. The van der Waals surface area contributed by atoms with Gasteiger partial charge in [0.1, 0.15) is 11.5 Å². The van der Waals surface area contributed by atoms with Crippen molar-refractivity contribution in [3.8, 4) is 0 Å². The number of ether oxygens (including phenoxy) is 2. The Bertz CT molecular complexity index is 839. The van der Waals surface area contributed by atoms with Gasteiger partial charge in [0, 0.05) is 17.7 Å². The number of carbonyl (C=O) groups is 3. The number of aromatic nitrogens is 1. The lowest BCUT2D eigenvalue weighted by molar-refractivity contribution is 0.0487. The smallest absolute Gasteiger partial charge is 0.355 e. The zero-order valence-corrected chi connectivity index (χ0v) is 15.6. The minimum Gasteiger partial charge on any atom is -0.462 e. The maximum atomic E-state index is 12.9. The topological polar surface area (TPSA) is 85.5 Å². The second-order valence-electron chi connectivity index (χ2n) is 6.02. The first-order valence-electron chi connectivity index (χ1n) is 8.67. The molecule has 0 aliphatic rings. The summed E-state index contributed by atoms with van der Waals surface area (Å²) < 4.78 is 23.0. The number of nitrogens with one attached hydrogen (secondary N) is 1. The van der Waals surface area contributed by atoms with Crippen molar-refractivity contribution >= 4 is 17.7 Å². The summed E-state index contributed by atoms with van der Waals surface area (Å²) in [7, 11) is 0. The SMILES string of the molecule is CCOC(=O)c1c(C)[nH]c(C(=O)OCCCC(=O)c2ccc(F)cc2)c1C. The third kappa shape index (κ3) is 5.03. The fourth-order valence-corrected chi connectivity index (χ4v) is 2.71. The van der Waals surface area contributed by atoms with Crippen molar-refractivity contribution in [2.24, 2.45) is 0 Å². The summed E-state index contributed by atoms with van der Waals surface area (Å²) >= 11 is 0. The highest BCUT2D eigenvalue weighted by Gasteiger charge is 2.23. The number of esters is 2. The fraction of sp³-hybridized carbons (Fsp3) is 0.350. The Morgan fingerprint density at radius 3 is 2.33 bits per heavy atom. The number of carbonyl (C=O) groups excluding carboxylic acids is 3. The molecule has 144 valence electrons. The van der Waals surface area contributed by atoms with Crippen LogP contribution in [0.2, 0.25) is 0 Å². The van der Waals surface area contributed by atoms with E-state index in [0.29, 0.717) is 28.8 Å². The number of hydrogen-bond acceptors (Lipinski definition) is 5. The van der Waals surface area contributed by atoms with Gasteiger partial charge in [0.2, 0.25) is 0 Å². The Hall–Kier alpha value is -2.96. The van der Waals surface area contributed by atoms with E-state index in [4.69, 9.17) is 9.47 Å². The van der Waals surface area contributed by atoms with Crippen LogP contribution in [-0.2, 0) is 9.47 Å². The van der Waals surface area contributed by atoms with Gasteiger partial charge in [-0.05, 0) is 57.0 Å². The largest absolute Gasteiger partial charge is 0.462 e. The van der Waals surface area contributed by atoms with Crippen molar-refractivity contribution < 1.29 is 28.2 Å². The highest BCUT2D eigenvalue weighted by Crippen LogP contribution is 2.20. The molecule has 1 aromatic heterocycles. The average molecular weight is 375 g/mol. The van der Waals surface area contributed by atoms with Crippen LogP contribution in [0.25, 0.3) is 0 Å². The Kier molecular flexibility index (Phi) is 6.87. The van der Waals surface area contributed by atoms with Crippen molar-refractivity contribution in [3.05, 3.63) is 58.2 Å². The molecule has 0 atom stereocenters. The van der Waals surface area contributed by atoms with Crippen molar-refractivity contribution in [1.29, 1.82) is 0 Å². The summed E-state index contributed by atoms with van der Waals surface area (Å²) in [6.45, 7) is 5.32. The lowest BCUT2D eigenvalue weighted by Gasteiger charge is -2.05. The number of benzene rings is 1. The quantitative estimate of drug-likeness (QED) is 0.431. The third-order valence-electron chi connectivity index (χ3n) is 4.07. The fourth-order valence-electron chi connectivity index (χ4n) is 2.71. The van der Waals surface area contributed by atoms with Gasteiger partial charge in [-0.2, -0.15) is 0 Å². The van der Waals surface area contributed by atoms with E-state index in [1.165, 1.54) is 24.3 Å². The van der Waals surface area contributed by atoms with Gasteiger partial charge in [-0.3, -0.25) is 4.79 Å². The highest BCUT2D eigenvalue weighted by molar-refractivity contribution is 5.98. The Balaban J connectivity index is 1.89. The van der Waals surface area contributed by atoms with E-state index in [0.717, 1.165) is 0 Å². The minimum atomic E-state index is -0.597. The molecule has 0 unspecified atom stereocenters. The number of Topliss-reactive ketones (excluding diaryl/α,β-unsaturated/α-hetero) is 1. The molecule has 2 aromatic rings. The van der Waals surface area contributed by atoms with Crippen LogP contribution in [-0.4, -0.2) is 35.9 Å². The molecule has 0 aliphatic heterocycles. The van der Waals surface area contributed by atoms with Crippen LogP contribution < -0.4 is 0 Å². The molecule has 1 aromatic carbocycles. The highest BCUT2D eigenvalue weighted by atomic mass is 19.1. The van der Waals surface area contributed by atoms with Gasteiger partial charge >= 0.3 is 11.9 Å². The molecule has 0 radical (unpaired) electrons. The molecule has 1 N–H and O–H groups in total. The van der Waals surface area contributed by atoms with Gasteiger partial charge in [0.25, 0.3) is 0 Å². The number of H-pyrrole nitrogens is 1.